The van der Waals surface area contributed by atoms with Crippen molar-refractivity contribution in [3.63, 3.8) is 0 Å². The lowest BCUT2D eigenvalue weighted by molar-refractivity contribution is -0.432. The highest BCUT2D eigenvalue weighted by Crippen LogP contribution is 2.31. The molecule has 1 aliphatic heterocycles. The van der Waals surface area contributed by atoms with Crippen LogP contribution in [0.5, 0.6) is 0 Å². The zero-order valence-corrected chi connectivity index (χ0v) is 9.95. The zero-order valence-electron chi connectivity index (χ0n) is 9.95. The molecule has 1 fully saturated rings. The van der Waals surface area contributed by atoms with E-state index in [1.54, 1.807) is 0 Å². The van der Waals surface area contributed by atoms with Crippen LogP contribution in [0.2, 0.25) is 0 Å². The summed E-state index contributed by atoms with van der Waals surface area (Å²) < 4.78 is 22.3. The van der Waals surface area contributed by atoms with Gasteiger partial charge in [-0.2, -0.15) is 0 Å². The van der Waals surface area contributed by atoms with E-state index in [2.05, 4.69) is 0 Å². The Kier molecular flexibility index (Phi) is 5.53. The Hall–Kier alpha value is -0.160. The summed E-state index contributed by atoms with van der Waals surface area (Å²) in [6, 6.07) is 0. The molecule has 0 aromatic carbocycles. The van der Waals surface area contributed by atoms with Crippen molar-refractivity contribution in [2.75, 3.05) is 19.8 Å². The van der Waals surface area contributed by atoms with Crippen molar-refractivity contribution in [1.29, 1.82) is 0 Å². The molecule has 0 saturated carbocycles. The molecule has 0 amide bonds. The average molecular weight is 218 g/mol. The Bertz CT molecular complexity index is 158. The Morgan fingerprint density at radius 2 is 1.80 bits per heavy atom. The second kappa shape index (κ2) is 6.43. The minimum atomic E-state index is -0.873. The lowest BCUT2D eigenvalue weighted by Gasteiger charge is -2.39. The third-order valence-corrected chi connectivity index (χ3v) is 2.31. The maximum absolute atomic E-state index is 5.73. The van der Waals surface area contributed by atoms with E-state index in [1.807, 2.05) is 20.8 Å². The predicted molar refractivity (Wildman–Crippen MR) is 56.3 cm³/mol. The molecule has 15 heavy (non-hydrogen) atoms. The van der Waals surface area contributed by atoms with E-state index in [-0.39, 0.29) is 6.29 Å². The maximum Gasteiger partial charge on any atom is 0.285 e. The van der Waals surface area contributed by atoms with Crippen molar-refractivity contribution in [2.24, 2.45) is 0 Å². The molecule has 1 rings (SSSR count). The van der Waals surface area contributed by atoms with E-state index in [9.17, 15) is 0 Å². The maximum atomic E-state index is 5.73. The lowest BCUT2D eigenvalue weighted by atomic mass is 10.1. The van der Waals surface area contributed by atoms with Crippen LogP contribution in [0.25, 0.3) is 0 Å². The number of rotatable bonds is 6. The number of ether oxygens (including phenoxy) is 4. The molecule has 0 aromatic rings. The first-order valence-electron chi connectivity index (χ1n) is 5.83. The summed E-state index contributed by atoms with van der Waals surface area (Å²) in [6.07, 6.45) is 2.50. The van der Waals surface area contributed by atoms with Gasteiger partial charge in [0.25, 0.3) is 5.97 Å². The molecule has 1 heterocycles. The highest BCUT2D eigenvalue weighted by Gasteiger charge is 2.39. The van der Waals surface area contributed by atoms with Crippen molar-refractivity contribution < 1.29 is 18.9 Å². The van der Waals surface area contributed by atoms with Crippen molar-refractivity contribution in [3.05, 3.63) is 0 Å². The minimum absolute atomic E-state index is 0.193. The smallest absolute Gasteiger partial charge is 0.285 e. The number of hydrogen-bond donors (Lipinski definition) is 0. The molecule has 0 N–H and O–H groups in total. The minimum Gasteiger partial charge on any atom is -0.353 e. The van der Waals surface area contributed by atoms with Crippen LogP contribution < -0.4 is 0 Å². The van der Waals surface area contributed by atoms with Gasteiger partial charge >= 0.3 is 0 Å². The van der Waals surface area contributed by atoms with Crippen LogP contribution in [-0.4, -0.2) is 32.1 Å². The fraction of sp³-hybridized carbons (Fsp3) is 1.00. The van der Waals surface area contributed by atoms with Crippen molar-refractivity contribution in [3.8, 4) is 0 Å². The second-order valence-electron chi connectivity index (χ2n) is 3.44. The molecule has 0 aromatic heterocycles. The Labute approximate surface area is 91.8 Å². The Morgan fingerprint density at radius 1 is 1.13 bits per heavy atom. The van der Waals surface area contributed by atoms with Crippen molar-refractivity contribution in [1.82, 2.24) is 0 Å². The van der Waals surface area contributed by atoms with E-state index in [0.717, 1.165) is 19.3 Å². The van der Waals surface area contributed by atoms with E-state index >= 15 is 0 Å². The molecular formula is C11H22O4. The van der Waals surface area contributed by atoms with E-state index in [4.69, 9.17) is 18.9 Å². The molecular weight excluding hydrogens is 196 g/mol. The summed E-state index contributed by atoms with van der Waals surface area (Å²) in [5, 5.41) is 0. The summed E-state index contributed by atoms with van der Waals surface area (Å²) in [7, 11) is 0. The summed E-state index contributed by atoms with van der Waals surface area (Å²) in [6.45, 7) is 7.65. The molecule has 1 atom stereocenters. The van der Waals surface area contributed by atoms with Crippen molar-refractivity contribution >= 4 is 0 Å². The van der Waals surface area contributed by atoms with Crippen LogP contribution in [0.4, 0.5) is 0 Å². The van der Waals surface area contributed by atoms with Gasteiger partial charge in [-0.15, -0.1) is 0 Å². The second-order valence-corrected chi connectivity index (χ2v) is 3.44. The average Bonchev–Trinajstić information content (AvgIpc) is 2.19. The quantitative estimate of drug-likeness (QED) is 0.641. The topological polar surface area (TPSA) is 36.9 Å². The van der Waals surface area contributed by atoms with Gasteiger partial charge in [0.1, 0.15) is 0 Å². The fourth-order valence-corrected chi connectivity index (χ4v) is 1.80. The van der Waals surface area contributed by atoms with Gasteiger partial charge in [-0.1, -0.05) is 0 Å². The zero-order chi connectivity index (χ0) is 11.1. The highest BCUT2D eigenvalue weighted by atomic mass is 16.9. The van der Waals surface area contributed by atoms with Gasteiger partial charge in [0.05, 0.1) is 0 Å². The normalized spacial score (nSPS) is 25.4. The standard InChI is InChI=1S/C11H22O4/c1-4-12-10-8-7-9-11(15-10,13-5-2)14-6-3/h10H,4-9H2,1-3H3. The lowest BCUT2D eigenvalue weighted by Crippen LogP contribution is -2.46. The van der Waals surface area contributed by atoms with Gasteiger partial charge in [-0.05, 0) is 33.6 Å². The first-order valence-corrected chi connectivity index (χ1v) is 5.83. The predicted octanol–water partition coefficient (Wildman–Crippen LogP) is 2.28. The summed E-state index contributed by atoms with van der Waals surface area (Å²) >= 11 is 0. The SMILES string of the molecule is CCOC1CCCC(OCC)(OCC)O1. The molecule has 4 heteroatoms. The summed E-state index contributed by atoms with van der Waals surface area (Å²) in [5.41, 5.74) is 0. The Morgan fingerprint density at radius 3 is 2.33 bits per heavy atom. The van der Waals surface area contributed by atoms with Gasteiger partial charge in [0, 0.05) is 26.2 Å². The molecule has 0 radical (unpaired) electrons. The van der Waals surface area contributed by atoms with Crippen molar-refractivity contribution in [2.45, 2.75) is 52.3 Å². The Balaban J connectivity index is 2.53. The van der Waals surface area contributed by atoms with Crippen LogP contribution in [0, 0.1) is 0 Å². The first-order chi connectivity index (χ1) is 7.26. The highest BCUT2D eigenvalue weighted by molar-refractivity contribution is 4.67. The van der Waals surface area contributed by atoms with Crippen LogP contribution in [0.1, 0.15) is 40.0 Å². The van der Waals surface area contributed by atoms with Gasteiger partial charge in [0.15, 0.2) is 6.29 Å². The molecule has 1 aliphatic rings. The monoisotopic (exact) mass is 218 g/mol. The van der Waals surface area contributed by atoms with Gasteiger partial charge < -0.3 is 14.2 Å². The van der Waals surface area contributed by atoms with Crippen LogP contribution in [0.3, 0.4) is 0 Å². The molecule has 0 spiro atoms. The van der Waals surface area contributed by atoms with E-state index in [0.29, 0.717) is 19.8 Å². The third kappa shape index (κ3) is 3.72. The molecule has 1 saturated heterocycles. The van der Waals surface area contributed by atoms with E-state index in [1.165, 1.54) is 0 Å². The molecule has 1 unspecified atom stereocenters. The molecule has 0 aliphatic carbocycles. The van der Waals surface area contributed by atoms with Crippen LogP contribution in [-0.2, 0) is 18.9 Å². The first kappa shape index (κ1) is 12.9. The molecule has 90 valence electrons. The summed E-state index contributed by atoms with van der Waals surface area (Å²) in [5.74, 6) is -0.873. The van der Waals surface area contributed by atoms with E-state index < -0.39 is 5.97 Å². The van der Waals surface area contributed by atoms with Gasteiger partial charge in [-0.25, -0.2) is 0 Å². The molecule has 0 bridgehead atoms. The van der Waals surface area contributed by atoms with Gasteiger partial charge in [-0.3, -0.25) is 4.74 Å². The largest absolute Gasteiger partial charge is 0.353 e. The number of hydrogen-bond acceptors (Lipinski definition) is 4. The van der Waals surface area contributed by atoms with Crippen LogP contribution in [0.15, 0.2) is 0 Å². The van der Waals surface area contributed by atoms with Crippen LogP contribution >= 0.6 is 0 Å². The summed E-state index contributed by atoms with van der Waals surface area (Å²) in [4.78, 5) is 0. The molecule has 4 nitrogen and oxygen atoms in total. The van der Waals surface area contributed by atoms with Gasteiger partial charge in [0.2, 0.25) is 0 Å². The fourth-order valence-electron chi connectivity index (χ4n) is 1.80. The third-order valence-electron chi connectivity index (χ3n) is 2.31.